The van der Waals surface area contributed by atoms with E-state index >= 15 is 0 Å². The van der Waals surface area contributed by atoms with E-state index in [9.17, 15) is 25.0 Å². The molecule has 1 aromatic carbocycles. The Balaban J connectivity index is 2.68. The van der Waals surface area contributed by atoms with Crippen LogP contribution in [0.15, 0.2) is 24.4 Å². The van der Waals surface area contributed by atoms with Crippen LogP contribution in [0.3, 0.4) is 0 Å². The molecule has 0 radical (unpaired) electrons. The maximum absolute atomic E-state index is 11.0. The highest BCUT2D eigenvalue weighted by Gasteiger charge is 2.27. The molecule has 0 aliphatic rings. The Morgan fingerprint density at radius 1 is 1.24 bits per heavy atom. The van der Waals surface area contributed by atoms with Gasteiger partial charge in [-0.2, -0.15) is 5.10 Å². The number of nitro groups is 2. The van der Waals surface area contributed by atoms with Crippen LogP contribution in [0.4, 0.5) is 11.4 Å². The quantitative estimate of drug-likeness (QED) is 0.667. The third kappa shape index (κ3) is 2.54. The van der Waals surface area contributed by atoms with Crippen LogP contribution in [0.5, 0.6) is 0 Å². The van der Waals surface area contributed by atoms with Crippen molar-refractivity contribution in [2.45, 2.75) is 6.92 Å². The molecule has 2 aromatic rings. The molecule has 2 rings (SSSR count). The molecule has 1 aromatic heterocycles. The zero-order valence-electron chi connectivity index (χ0n) is 10.6. The van der Waals surface area contributed by atoms with Crippen LogP contribution in [0, 0.1) is 27.2 Å². The molecule has 21 heavy (non-hydrogen) atoms. The Morgan fingerprint density at radius 2 is 1.86 bits per heavy atom. The fourth-order valence-corrected chi connectivity index (χ4v) is 1.75. The second-order valence-corrected chi connectivity index (χ2v) is 4.12. The SMILES string of the molecule is Cc1ccc(-n2cc([N+](=O)[O-])c(C(=O)O)n2)c([N+](=O)[O-])c1. The number of nitrogens with zero attached hydrogens (tertiary/aromatic N) is 4. The van der Waals surface area contributed by atoms with Gasteiger partial charge in [-0.1, -0.05) is 6.07 Å². The molecule has 10 nitrogen and oxygen atoms in total. The van der Waals surface area contributed by atoms with Crippen LogP contribution >= 0.6 is 0 Å². The number of carboxylic acids is 1. The molecule has 1 heterocycles. The maximum atomic E-state index is 11.0. The minimum atomic E-state index is -1.59. The van der Waals surface area contributed by atoms with Gasteiger partial charge in [-0.05, 0) is 18.6 Å². The summed E-state index contributed by atoms with van der Waals surface area (Å²) in [4.78, 5) is 31.2. The predicted octanol–water partition coefficient (Wildman–Crippen LogP) is 1.70. The molecule has 0 atom stereocenters. The van der Waals surface area contributed by atoms with Gasteiger partial charge < -0.3 is 5.11 Å². The van der Waals surface area contributed by atoms with Gasteiger partial charge in [0.15, 0.2) is 0 Å². The van der Waals surface area contributed by atoms with Gasteiger partial charge in [-0.15, -0.1) is 0 Å². The van der Waals surface area contributed by atoms with E-state index in [0.717, 1.165) is 10.9 Å². The van der Waals surface area contributed by atoms with E-state index in [1.165, 1.54) is 12.1 Å². The van der Waals surface area contributed by atoms with E-state index in [-0.39, 0.29) is 11.4 Å². The lowest BCUT2D eigenvalue weighted by Crippen LogP contribution is -2.04. The van der Waals surface area contributed by atoms with Gasteiger partial charge >= 0.3 is 11.7 Å². The third-order valence-electron chi connectivity index (χ3n) is 2.67. The largest absolute Gasteiger partial charge is 0.476 e. The average Bonchev–Trinajstić information content (AvgIpc) is 2.83. The maximum Gasteiger partial charge on any atom is 0.363 e. The fourth-order valence-electron chi connectivity index (χ4n) is 1.75. The molecule has 0 aliphatic heterocycles. The lowest BCUT2D eigenvalue weighted by Gasteiger charge is -2.03. The highest BCUT2D eigenvalue weighted by molar-refractivity contribution is 5.90. The van der Waals surface area contributed by atoms with Crippen molar-refractivity contribution in [2.75, 3.05) is 0 Å². The van der Waals surface area contributed by atoms with Gasteiger partial charge in [-0.3, -0.25) is 20.2 Å². The summed E-state index contributed by atoms with van der Waals surface area (Å²) in [6.07, 6.45) is 0.834. The van der Waals surface area contributed by atoms with Crippen molar-refractivity contribution in [3.63, 3.8) is 0 Å². The third-order valence-corrected chi connectivity index (χ3v) is 2.67. The molecule has 0 unspecified atom stereocenters. The molecule has 0 aliphatic carbocycles. The molecule has 0 saturated carbocycles. The zero-order chi connectivity index (χ0) is 15.7. The lowest BCUT2D eigenvalue weighted by atomic mass is 10.2. The first-order valence-corrected chi connectivity index (χ1v) is 5.54. The van der Waals surface area contributed by atoms with Gasteiger partial charge in [0.25, 0.3) is 5.69 Å². The number of benzene rings is 1. The summed E-state index contributed by atoms with van der Waals surface area (Å²) in [5, 5.41) is 34.2. The number of carboxylic acid groups (broad SMARTS) is 1. The van der Waals surface area contributed by atoms with Crippen molar-refractivity contribution < 1.29 is 19.7 Å². The molecular formula is C11H8N4O6. The molecule has 0 amide bonds. The number of carbonyl (C=O) groups is 1. The van der Waals surface area contributed by atoms with Gasteiger partial charge in [0, 0.05) is 6.07 Å². The molecular weight excluding hydrogens is 284 g/mol. The van der Waals surface area contributed by atoms with Crippen molar-refractivity contribution in [3.8, 4) is 5.69 Å². The first-order valence-electron chi connectivity index (χ1n) is 5.54. The fraction of sp³-hybridized carbons (Fsp3) is 0.0909. The Labute approximate surface area is 116 Å². The summed E-state index contributed by atoms with van der Waals surface area (Å²) in [6.45, 7) is 1.64. The molecule has 10 heteroatoms. The van der Waals surface area contributed by atoms with Crippen LogP contribution in [-0.2, 0) is 0 Å². The van der Waals surface area contributed by atoms with E-state index in [2.05, 4.69) is 5.10 Å². The van der Waals surface area contributed by atoms with Crippen molar-refractivity contribution in [1.82, 2.24) is 9.78 Å². The highest BCUT2D eigenvalue weighted by Crippen LogP contribution is 2.26. The average molecular weight is 292 g/mol. The van der Waals surface area contributed by atoms with Crippen molar-refractivity contribution in [1.29, 1.82) is 0 Å². The summed E-state index contributed by atoms with van der Waals surface area (Å²) >= 11 is 0. The van der Waals surface area contributed by atoms with E-state index < -0.39 is 27.2 Å². The first kappa shape index (κ1) is 14.1. The first-order chi connectivity index (χ1) is 9.81. The molecule has 0 spiro atoms. The van der Waals surface area contributed by atoms with Crippen molar-refractivity contribution in [2.24, 2.45) is 0 Å². The predicted molar refractivity (Wildman–Crippen MR) is 68.6 cm³/mol. The second-order valence-electron chi connectivity index (χ2n) is 4.12. The van der Waals surface area contributed by atoms with Crippen molar-refractivity contribution in [3.05, 3.63) is 55.9 Å². The Kier molecular flexibility index (Phi) is 3.36. The van der Waals surface area contributed by atoms with E-state index in [4.69, 9.17) is 5.11 Å². The monoisotopic (exact) mass is 292 g/mol. The summed E-state index contributed by atoms with van der Waals surface area (Å²) in [6, 6.07) is 4.16. The van der Waals surface area contributed by atoms with E-state index in [0.29, 0.717) is 5.56 Å². The van der Waals surface area contributed by atoms with Crippen LogP contribution < -0.4 is 0 Å². The number of rotatable bonds is 4. The summed E-state index contributed by atoms with van der Waals surface area (Å²) in [5.41, 5.74) is -1.29. The molecule has 0 bridgehead atoms. The normalized spacial score (nSPS) is 10.3. The number of aryl methyl sites for hydroxylation is 1. The number of aromatic carboxylic acids is 1. The van der Waals surface area contributed by atoms with Gasteiger partial charge in [0.05, 0.1) is 9.85 Å². The molecule has 0 fully saturated rings. The minimum absolute atomic E-state index is 0.0544. The molecule has 0 saturated heterocycles. The van der Waals surface area contributed by atoms with Crippen molar-refractivity contribution >= 4 is 17.3 Å². The van der Waals surface area contributed by atoms with Crippen LogP contribution in [0.25, 0.3) is 5.69 Å². The number of hydrogen-bond acceptors (Lipinski definition) is 6. The minimum Gasteiger partial charge on any atom is -0.476 e. The standard InChI is InChI=1S/C11H8N4O6/c1-6-2-3-7(8(4-6)14(18)19)13-5-9(15(20)21)10(12-13)11(16)17/h2-5H,1H3,(H,16,17). The topological polar surface area (TPSA) is 141 Å². The smallest absolute Gasteiger partial charge is 0.363 e. The lowest BCUT2D eigenvalue weighted by molar-refractivity contribution is -0.385. The van der Waals surface area contributed by atoms with E-state index in [1.807, 2.05) is 0 Å². The second kappa shape index (κ2) is 5.00. The zero-order valence-corrected chi connectivity index (χ0v) is 10.6. The van der Waals surface area contributed by atoms with E-state index in [1.54, 1.807) is 13.0 Å². The highest BCUT2D eigenvalue weighted by atomic mass is 16.6. The Hall–Kier alpha value is -3.30. The van der Waals surface area contributed by atoms with Gasteiger partial charge in [0.2, 0.25) is 5.69 Å². The summed E-state index contributed by atoms with van der Waals surface area (Å²) in [7, 11) is 0. The summed E-state index contributed by atoms with van der Waals surface area (Å²) < 4.78 is 0.819. The van der Waals surface area contributed by atoms with Gasteiger partial charge in [0.1, 0.15) is 11.9 Å². The van der Waals surface area contributed by atoms with Crippen LogP contribution in [0.2, 0.25) is 0 Å². The number of nitro benzene ring substituents is 1. The number of hydrogen-bond donors (Lipinski definition) is 1. The molecule has 108 valence electrons. The van der Waals surface area contributed by atoms with Crippen LogP contribution in [-0.4, -0.2) is 30.7 Å². The Morgan fingerprint density at radius 3 is 2.33 bits per heavy atom. The number of aromatic nitrogens is 2. The van der Waals surface area contributed by atoms with Gasteiger partial charge in [-0.25, -0.2) is 9.48 Å². The summed E-state index contributed by atoms with van der Waals surface area (Å²) in [5.74, 6) is -1.59. The molecule has 1 N–H and O–H groups in total. The Bertz CT molecular complexity index is 735. The van der Waals surface area contributed by atoms with Crippen LogP contribution in [0.1, 0.15) is 16.1 Å².